The van der Waals surface area contributed by atoms with Gasteiger partial charge in [-0.05, 0) is 43.3 Å². The van der Waals surface area contributed by atoms with E-state index in [4.69, 9.17) is 4.42 Å². The van der Waals surface area contributed by atoms with Gasteiger partial charge in [-0.1, -0.05) is 0 Å². The van der Waals surface area contributed by atoms with E-state index in [0.717, 1.165) is 0 Å². The van der Waals surface area contributed by atoms with E-state index in [1.165, 1.54) is 24.3 Å². The Hall–Kier alpha value is -2.10. The molecular formula is C14H14FNO2. The molecule has 1 heterocycles. The summed E-state index contributed by atoms with van der Waals surface area (Å²) in [6.07, 6.45) is 1.57. The first-order valence-electron chi connectivity index (χ1n) is 5.65. The van der Waals surface area contributed by atoms with Gasteiger partial charge in [-0.25, -0.2) is 4.39 Å². The molecule has 0 bridgehead atoms. The average Bonchev–Trinajstić information content (AvgIpc) is 2.91. The van der Waals surface area contributed by atoms with Gasteiger partial charge in [-0.2, -0.15) is 0 Å². The molecule has 0 spiro atoms. The highest BCUT2D eigenvalue weighted by Gasteiger charge is 2.20. The smallest absolute Gasteiger partial charge is 0.254 e. The maximum Gasteiger partial charge on any atom is 0.254 e. The van der Waals surface area contributed by atoms with Crippen LogP contribution in [0.1, 0.15) is 29.1 Å². The van der Waals surface area contributed by atoms with Crippen LogP contribution in [0.3, 0.4) is 0 Å². The van der Waals surface area contributed by atoms with Crippen LogP contribution < -0.4 is 0 Å². The molecule has 18 heavy (non-hydrogen) atoms. The summed E-state index contributed by atoms with van der Waals surface area (Å²) in [5.41, 5.74) is 0.456. The minimum Gasteiger partial charge on any atom is -0.467 e. The number of carbonyl (C=O) groups is 1. The Balaban J connectivity index is 2.16. The van der Waals surface area contributed by atoms with Gasteiger partial charge in [-0.15, -0.1) is 0 Å². The highest BCUT2D eigenvalue weighted by molar-refractivity contribution is 5.94. The predicted octanol–water partition coefficient (Wildman–Crippen LogP) is 3.25. The summed E-state index contributed by atoms with van der Waals surface area (Å²) in [4.78, 5) is 13.7. The van der Waals surface area contributed by atoms with E-state index in [1.54, 1.807) is 24.3 Å². The molecule has 3 nitrogen and oxygen atoms in total. The van der Waals surface area contributed by atoms with Crippen LogP contribution in [-0.2, 0) is 0 Å². The van der Waals surface area contributed by atoms with Crippen LogP contribution in [0.2, 0.25) is 0 Å². The number of hydrogen-bond acceptors (Lipinski definition) is 2. The first-order valence-corrected chi connectivity index (χ1v) is 5.65. The van der Waals surface area contributed by atoms with Crippen molar-refractivity contribution in [1.29, 1.82) is 0 Å². The number of furan rings is 1. The average molecular weight is 247 g/mol. The van der Waals surface area contributed by atoms with Gasteiger partial charge in [0.2, 0.25) is 0 Å². The Morgan fingerprint density at radius 3 is 2.50 bits per heavy atom. The topological polar surface area (TPSA) is 33.5 Å². The van der Waals surface area contributed by atoms with Gasteiger partial charge >= 0.3 is 0 Å². The van der Waals surface area contributed by atoms with Crippen LogP contribution in [0, 0.1) is 5.82 Å². The van der Waals surface area contributed by atoms with Crippen molar-refractivity contribution in [2.24, 2.45) is 0 Å². The molecule has 0 radical (unpaired) electrons. The standard InChI is InChI=1S/C14H14FNO2/c1-10(13-4-3-9-18-13)16(2)14(17)11-5-7-12(15)8-6-11/h3-10H,1-2H3. The van der Waals surface area contributed by atoms with Crippen molar-refractivity contribution in [2.45, 2.75) is 13.0 Å². The molecule has 0 N–H and O–H groups in total. The zero-order valence-electron chi connectivity index (χ0n) is 10.3. The van der Waals surface area contributed by atoms with Crippen LogP contribution in [0.15, 0.2) is 47.1 Å². The summed E-state index contributed by atoms with van der Waals surface area (Å²) in [5, 5.41) is 0. The third-order valence-electron chi connectivity index (χ3n) is 2.95. The summed E-state index contributed by atoms with van der Waals surface area (Å²) in [6.45, 7) is 1.88. The quantitative estimate of drug-likeness (QED) is 0.834. The number of carbonyl (C=O) groups excluding carboxylic acids is 1. The van der Waals surface area contributed by atoms with E-state index in [2.05, 4.69) is 0 Å². The van der Waals surface area contributed by atoms with Crippen LogP contribution in [0.5, 0.6) is 0 Å². The van der Waals surface area contributed by atoms with Crippen LogP contribution in [-0.4, -0.2) is 17.9 Å². The Morgan fingerprint density at radius 1 is 1.28 bits per heavy atom. The molecule has 1 aromatic heterocycles. The van der Waals surface area contributed by atoms with Gasteiger partial charge < -0.3 is 9.32 Å². The molecule has 1 unspecified atom stereocenters. The highest BCUT2D eigenvalue weighted by atomic mass is 19.1. The normalized spacial score (nSPS) is 12.2. The van der Waals surface area contributed by atoms with Gasteiger partial charge in [0.25, 0.3) is 5.91 Å². The molecule has 2 aromatic rings. The fourth-order valence-corrected chi connectivity index (χ4v) is 1.69. The summed E-state index contributed by atoms with van der Waals surface area (Å²) in [6, 6.07) is 8.93. The summed E-state index contributed by atoms with van der Waals surface area (Å²) in [5.74, 6) is 0.195. The first kappa shape index (κ1) is 12.4. The van der Waals surface area contributed by atoms with Crippen molar-refractivity contribution < 1.29 is 13.6 Å². The Labute approximate surface area is 105 Å². The second-order valence-electron chi connectivity index (χ2n) is 4.11. The largest absolute Gasteiger partial charge is 0.467 e. The van der Waals surface area contributed by atoms with Crippen molar-refractivity contribution in [2.75, 3.05) is 7.05 Å². The van der Waals surface area contributed by atoms with Gasteiger partial charge in [0, 0.05) is 12.6 Å². The molecular weight excluding hydrogens is 233 g/mol. The Kier molecular flexibility index (Phi) is 3.46. The molecule has 0 aliphatic rings. The number of amides is 1. The maximum atomic E-state index is 12.8. The van der Waals surface area contributed by atoms with E-state index in [0.29, 0.717) is 11.3 Å². The molecule has 4 heteroatoms. The van der Waals surface area contributed by atoms with Crippen molar-refractivity contribution >= 4 is 5.91 Å². The monoisotopic (exact) mass is 247 g/mol. The summed E-state index contributed by atoms with van der Waals surface area (Å²) < 4.78 is 18.1. The summed E-state index contributed by atoms with van der Waals surface area (Å²) >= 11 is 0. The number of halogens is 1. The number of nitrogens with zero attached hydrogens (tertiary/aromatic N) is 1. The Bertz CT molecular complexity index is 519. The second-order valence-corrected chi connectivity index (χ2v) is 4.11. The van der Waals surface area contributed by atoms with E-state index in [-0.39, 0.29) is 17.8 Å². The number of rotatable bonds is 3. The van der Waals surface area contributed by atoms with Crippen LogP contribution in [0.4, 0.5) is 4.39 Å². The number of benzene rings is 1. The predicted molar refractivity (Wildman–Crippen MR) is 65.6 cm³/mol. The maximum absolute atomic E-state index is 12.8. The second kappa shape index (κ2) is 5.04. The lowest BCUT2D eigenvalue weighted by Crippen LogP contribution is -2.29. The molecule has 0 saturated carbocycles. The summed E-state index contributed by atoms with van der Waals surface area (Å²) in [7, 11) is 1.69. The molecule has 1 amide bonds. The SMILES string of the molecule is CC(c1ccco1)N(C)C(=O)c1ccc(F)cc1. The minimum absolute atomic E-state index is 0.168. The fourth-order valence-electron chi connectivity index (χ4n) is 1.69. The zero-order chi connectivity index (χ0) is 13.1. The minimum atomic E-state index is -0.353. The van der Waals surface area contributed by atoms with Crippen molar-refractivity contribution in [3.05, 3.63) is 59.8 Å². The molecule has 0 fully saturated rings. The molecule has 0 aliphatic carbocycles. The molecule has 94 valence electrons. The lowest BCUT2D eigenvalue weighted by molar-refractivity contribution is 0.0726. The van der Waals surface area contributed by atoms with Gasteiger partial charge in [0.05, 0.1) is 12.3 Å². The van der Waals surface area contributed by atoms with Crippen LogP contribution >= 0.6 is 0 Å². The zero-order valence-corrected chi connectivity index (χ0v) is 10.3. The molecule has 1 atom stereocenters. The van der Waals surface area contributed by atoms with Gasteiger partial charge in [0.15, 0.2) is 0 Å². The van der Waals surface area contributed by atoms with E-state index in [9.17, 15) is 9.18 Å². The lowest BCUT2D eigenvalue weighted by atomic mass is 10.1. The molecule has 2 rings (SSSR count). The number of hydrogen-bond donors (Lipinski definition) is 0. The van der Waals surface area contributed by atoms with E-state index < -0.39 is 0 Å². The Morgan fingerprint density at radius 2 is 1.94 bits per heavy atom. The molecule has 1 aromatic carbocycles. The van der Waals surface area contributed by atoms with E-state index in [1.807, 2.05) is 13.0 Å². The van der Waals surface area contributed by atoms with Crippen molar-refractivity contribution in [1.82, 2.24) is 4.90 Å². The third-order valence-corrected chi connectivity index (χ3v) is 2.95. The first-order chi connectivity index (χ1) is 8.59. The fraction of sp³-hybridized carbons (Fsp3) is 0.214. The molecule has 0 aliphatic heterocycles. The highest BCUT2D eigenvalue weighted by Crippen LogP contribution is 2.21. The molecule has 0 saturated heterocycles. The van der Waals surface area contributed by atoms with Crippen molar-refractivity contribution in [3.63, 3.8) is 0 Å². The van der Waals surface area contributed by atoms with Gasteiger partial charge in [0.1, 0.15) is 11.6 Å². The van der Waals surface area contributed by atoms with E-state index >= 15 is 0 Å². The van der Waals surface area contributed by atoms with Crippen LogP contribution in [0.25, 0.3) is 0 Å². The lowest BCUT2D eigenvalue weighted by Gasteiger charge is -2.23. The van der Waals surface area contributed by atoms with Crippen molar-refractivity contribution in [3.8, 4) is 0 Å². The van der Waals surface area contributed by atoms with Gasteiger partial charge in [-0.3, -0.25) is 4.79 Å². The third kappa shape index (κ3) is 2.42.